The van der Waals surface area contributed by atoms with Gasteiger partial charge in [0.25, 0.3) is 0 Å². The van der Waals surface area contributed by atoms with Crippen LogP contribution in [0.2, 0.25) is 0 Å². The van der Waals surface area contributed by atoms with Crippen LogP contribution in [-0.4, -0.2) is 46.9 Å². The number of phenolic OH excluding ortho intramolecular Hbond substituents is 1. The van der Waals surface area contributed by atoms with Gasteiger partial charge in [-0.2, -0.15) is 0 Å². The van der Waals surface area contributed by atoms with Crippen molar-refractivity contribution >= 4 is 41.0 Å². The third kappa shape index (κ3) is 3.97. The number of nitrogens with zero attached hydrogens (tertiary/aromatic N) is 2. The summed E-state index contributed by atoms with van der Waals surface area (Å²) in [5, 5.41) is 19.8. The van der Waals surface area contributed by atoms with Crippen LogP contribution in [0.3, 0.4) is 0 Å². The van der Waals surface area contributed by atoms with Gasteiger partial charge in [-0.25, -0.2) is 9.69 Å². The van der Waals surface area contributed by atoms with E-state index in [-0.39, 0.29) is 41.7 Å². The minimum absolute atomic E-state index is 0.0297. The average molecular weight is 607 g/mol. The number of aromatic carboxylic acids is 1. The quantitative estimate of drug-likeness (QED) is 0.319. The van der Waals surface area contributed by atoms with E-state index in [2.05, 4.69) is 0 Å². The van der Waals surface area contributed by atoms with Crippen LogP contribution >= 0.6 is 0 Å². The molecule has 10 nitrogen and oxygen atoms in total. The number of carboxylic acids is 1. The first-order valence-electron chi connectivity index (χ1n) is 14.8. The van der Waals surface area contributed by atoms with Crippen LogP contribution in [0.5, 0.6) is 11.5 Å². The molecule has 3 fully saturated rings. The third-order valence-electron chi connectivity index (χ3n) is 10.2. The molecule has 7 rings (SSSR count). The number of benzene rings is 3. The van der Waals surface area contributed by atoms with Crippen molar-refractivity contribution in [2.45, 2.75) is 25.7 Å². The highest BCUT2D eigenvalue weighted by Crippen LogP contribution is 2.64. The Balaban J connectivity index is 1.38. The molecule has 2 N–H and O–H groups in total. The number of hydrogen-bond donors (Lipinski definition) is 2. The predicted octanol–water partition coefficient (Wildman–Crippen LogP) is 4.53. The number of amides is 4. The minimum Gasteiger partial charge on any atom is -0.508 e. The topological polar surface area (TPSA) is 142 Å². The molecule has 6 unspecified atom stereocenters. The molecule has 0 aromatic heterocycles. The second kappa shape index (κ2) is 10.2. The van der Waals surface area contributed by atoms with Crippen molar-refractivity contribution in [2.24, 2.45) is 29.1 Å². The summed E-state index contributed by atoms with van der Waals surface area (Å²) in [6.45, 7) is 1.78. The Morgan fingerprint density at radius 1 is 0.867 bits per heavy atom. The second-order valence-corrected chi connectivity index (χ2v) is 12.3. The molecule has 10 heteroatoms. The number of anilines is 2. The van der Waals surface area contributed by atoms with Crippen LogP contribution in [0, 0.1) is 29.1 Å². The lowest BCUT2D eigenvalue weighted by Gasteiger charge is -2.49. The van der Waals surface area contributed by atoms with E-state index >= 15 is 0 Å². The van der Waals surface area contributed by atoms with Gasteiger partial charge in [-0.3, -0.25) is 24.1 Å². The first-order valence-corrected chi connectivity index (χ1v) is 14.8. The lowest BCUT2D eigenvalue weighted by Crippen LogP contribution is -2.49. The molecule has 2 heterocycles. The predicted molar refractivity (Wildman–Crippen MR) is 162 cm³/mol. The Labute approximate surface area is 258 Å². The van der Waals surface area contributed by atoms with Gasteiger partial charge >= 0.3 is 5.97 Å². The highest BCUT2D eigenvalue weighted by molar-refractivity contribution is 6.25. The number of carbonyl (C=O) groups is 5. The van der Waals surface area contributed by atoms with E-state index in [9.17, 15) is 34.2 Å². The molecule has 2 saturated heterocycles. The van der Waals surface area contributed by atoms with Gasteiger partial charge in [0.15, 0.2) is 0 Å². The molecule has 228 valence electrons. The van der Waals surface area contributed by atoms with Crippen molar-refractivity contribution in [1.82, 2.24) is 0 Å². The van der Waals surface area contributed by atoms with Gasteiger partial charge in [0, 0.05) is 17.5 Å². The smallest absolute Gasteiger partial charge is 0.335 e. The van der Waals surface area contributed by atoms with Gasteiger partial charge in [-0.1, -0.05) is 42.0 Å². The second-order valence-electron chi connectivity index (χ2n) is 12.3. The Bertz CT molecular complexity index is 1830. The van der Waals surface area contributed by atoms with Gasteiger partial charge < -0.3 is 14.9 Å². The number of rotatable bonds is 5. The third-order valence-corrected chi connectivity index (χ3v) is 10.2. The number of carbonyl (C=O) groups excluding carboxylic acids is 4. The zero-order valence-electron chi connectivity index (χ0n) is 24.5. The van der Waals surface area contributed by atoms with Crippen molar-refractivity contribution in [3.05, 3.63) is 95.6 Å². The van der Waals surface area contributed by atoms with Gasteiger partial charge in [0.1, 0.15) is 11.5 Å². The number of aromatic hydroxyl groups is 1. The number of carboxylic acid groups (broad SMARTS) is 1. The molecular formula is C35H30N2O8. The fourth-order valence-electron chi connectivity index (χ4n) is 8.15. The zero-order valence-corrected chi connectivity index (χ0v) is 24.5. The summed E-state index contributed by atoms with van der Waals surface area (Å²) in [5.74, 6) is -6.08. The molecule has 6 atom stereocenters. The first kappa shape index (κ1) is 28.5. The standard InChI is InChI=1S/C35H30N2O8/c1-35-26(31(40)37(34(35)44)19-8-4-3-5-9-19)17-25-22(29(35)23-12-11-21(38)16-27(23)45-2)13-14-24-28(25)32(41)36(30(24)39)20-10-6-7-18(15-20)33(42)43/h3-13,15-16,24-26,28-29,38H,14,17H2,1-2H3,(H,42,43). The number of imide groups is 2. The Hall–Kier alpha value is -5.25. The molecule has 45 heavy (non-hydrogen) atoms. The number of fused-ring (bicyclic) bond motifs is 4. The maximum absolute atomic E-state index is 14.5. The Morgan fingerprint density at radius 2 is 1.60 bits per heavy atom. The molecule has 0 bridgehead atoms. The van der Waals surface area contributed by atoms with Crippen molar-refractivity contribution in [3.8, 4) is 11.5 Å². The summed E-state index contributed by atoms with van der Waals surface area (Å²) in [6.07, 6.45) is 2.34. The van der Waals surface area contributed by atoms with E-state index in [1.54, 1.807) is 43.3 Å². The average Bonchev–Trinajstić information content (AvgIpc) is 3.41. The minimum atomic E-state index is -1.26. The molecule has 2 aliphatic carbocycles. The number of allylic oxidation sites excluding steroid dienone is 2. The van der Waals surface area contributed by atoms with E-state index in [1.807, 2.05) is 6.08 Å². The molecule has 3 aromatic carbocycles. The molecule has 0 spiro atoms. The SMILES string of the molecule is COc1cc(O)ccc1C1C2=CCC3C(=O)N(c4cccc(C(=O)O)c4)C(=O)C3C2CC2C(=O)N(c3ccccc3)C(=O)C21C. The van der Waals surface area contributed by atoms with E-state index in [1.165, 1.54) is 48.4 Å². The Morgan fingerprint density at radius 3 is 2.31 bits per heavy atom. The summed E-state index contributed by atoms with van der Waals surface area (Å²) in [5.41, 5.74) is 0.693. The van der Waals surface area contributed by atoms with E-state index < -0.39 is 52.8 Å². The summed E-state index contributed by atoms with van der Waals surface area (Å²) in [7, 11) is 1.46. The molecule has 3 aromatic rings. The van der Waals surface area contributed by atoms with Gasteiger partial charge in [0.05, 0.1) is 47.2 Å². The monoisotopic (exact) mass is 606 g/mol. The summed E-state index contributed by atoms with van der Waals surface area (Å²) < 4.78 is 5.68. The molecular weight excluding hydrogens is 576 g/mol. The molecule has 0 radical (unpaired) electrons. The number of hydrogen-bond acceptors (Lipinski definition) is 7. The van der Waals surface area contributed by atoms with Crippen molar-refractivity contribution in [2.75, 3.05) is 16.9 Å². The van der Waals surface area contributed by atoms with Crippen LogP contribution in [0.15, 0.2) is 84.4 Å². The number of methoxy groups -OCH3 is 1. The lowest BCUT2D eigenvalue weighted by molar-refractivity contribution is -0.131. The van der Waals surface area contributed by atoms with E-state index in [0.29, 0.717) is 17.0 Å². The van der Waals surface area contributed by atoms with Crippen LogP contribution < -0.4 is 14.5 Å². The highest BCUT2D eigenvalue weighted by Gasteiger charge is 2.68. The fourth-order valence-corrected chi connectivity index (χ4v) is 8.15. The number of ether oxygens (including phenoxy) is 1. The van der Waals surface area contributed by atoms with Gasteiger partial charge in [-0.15, -0.1) is 0 Å². The molecule has 2 aliphatic heterocycles. The Kier molecular flexibility index (Phi) is 6.43. The molecule has 4 aliphatic rings. The van der Waals surface area contributed by atoms with Crippen molar-refractivity contribution < 1.29 is 38.9 Å². The van der Waals surface area contributed by atoms with Crippen molar-refractivity contribution in [3.63, 3.8) is 0 Å². The van der Waals surface area contributed by atoms with Crippen LogP contribution in [0.1, 0.15) is 41.6 Å². The molecule has 4 amide bonds. The van der Waals surface area contributed by atoms with Crippen molar-refractivity contribution in [1.29, 1.82) is 0 Å². The maximum Gasteiger partial charge on any atom is 0.335 e. The van der Waals surface area contributed by atoms with E-state index in [4.69, 9.17) is 4.74 Å². The largest absolute Gasteiger partial charge is 0.508 e. The first-order chi connectivity index (χ1) is 21.6. The van der Waals surface area contributed by atoms with Crippen LogP contribution in [0.4, 0.5) is 11.4 Å². The molecule has 1 saturated carbocycles. The fraction of sp³-hybridized carbons (Fsp3) is 0.286. The lowest BCUT2D eigenvalue weighted by atomic mass is 9.51. The maximum atomic E-state index is 14.5. The summed E-state index contributed by atoms with van der Waals surface area (Å²) in [4.78, 5) is 70.7. The van der Waals surface area contributed by atoms with Gasteiger partial charge in [-0.05, 0) is 62.1 Å². The zero-order chi connectivity index (χ0) is 31.8. The van der Waals surface area contributed by atoms with Crippen LogP contribution in [0.25, 0.3) is 0 Å². The highest BCUT2D eigenvalue weighted by atomic mass is 16.5. The van der Waals surface area contributed by atoms with Gasteiger partial charge in [0.2, 0.25) is 23.6 Å². The number of phenols is 1. The van der Waals surface area contributed by atoms with Crippen LogP contribution in [-0.2, 0) is 19.2 Å². The summed E-state index contributed by atoms with van der Waals surface area (Å²) >= 11 is 0. The summed E-state index contributed by atoms with van der Waals surface area (Å²) in [6, 6.07) is 19.1. The number of para-hydroxylation sites is 1. The van der Waals surface area contributed by atoms with E-state index in [0.717, 1.165) is 10.5 Å². The normalized spacial score (nSPS) is 28.8.